The van der Waals surface area contributed by atoms with Crippen molar-refractivity contribution in [2.75, 3.05) is 0 Å². The number of hydrogen-bond donors (Lipinski definition) is 1. The molecule has 0 aliphatic heterocycles. The van der Waals surface area contributed by atoms with Gasteiger partial charge in [-0.3, -0.25) is 0 Å². The van der Waals surface area contributed by atoms with Crippen LogP contribution in [0.15, 0.2) is 0 Å². The van der Waals surface area contributed by atoms with Crippen molar-refractivity contribution in [3.63, 3.8) is 0 Å². The summed E-state index contributed by atoms with van der Waals surface area (Å²) < 4.78 is 0. The Kier molecular flexibility index (Phi) is 5.62. The molecule has 0 aromatic rings. The van der Waals surface area contributed by atoms with Crippen molar-refractivity contribution >= 4 is 0 Å². The molecule has 0 aromatic carbocycles. The van der Waals surface area contributed by atoms with Gasteiger partial charge in [-0.05, 0) is 17.8 Å². The topological polar surface area (TPSA) is 26.0 Å². The first-order valence-corrected chi connectivity index (χ1v) is 5.59. The van der Waals surface area contributed by atoms with E-state index in [4.69, 9.17) is 5.73 Å². The van der Waals surface area contributed by atoms with Crippen LogP contribution in [0.1, 0.15) is 60.3 Å². The van der Waals surface area contributed by atoms with E-state index in [1.54, 1.807) is 0 Å². The van der Waals surface area contributed by atoms with Gasteiger partial charge in [0.05, 0.1) is 0 Å². The van der Waals surface area contributed by atoms with Gasteiger partial charge in [-0.25, -0.2) is 0 Å². The maximum absolute atomic E-state index is 6.07. The predicted molar refractivity (Wildman–Crippen MR) is 60.7 cm³/mol. The van der Waals surface area contributed by atoms with Gasteiger partial charge in [-0.1, -0.05) is 53.9 Å². The molecule has 0 amide bonds. The lowest BCUT2D eigenvalue weighted by atomic mass is 9.84. The molecule has 1 heteroatoms. The molecule has 0 bridgehead atoms. The van der Waals surface area contributed by atoms with E-state index in [0.717, 1.165) is 5.92 Å². The fraction of sp³-hybridized carbons (Fsp3) is 1.00. The fourth-order valence-electron chi connectivity index (χ4n) is 1.35. The van der Waals surface area contributed by atoms with Gasteiger partial charge in [0.25, 0.3) is 0 Å². The zero-order valence-corrected chi connectivity index (χ0v) is 10.1. The number of hydrogen-bond acceptors (Lipinski definition) is 1. The van der Waals surface area contributed by atoms with Gasteiger partial charge in [0.15, 0.2) is 0 Å². The van der Waals surface area contributed by atoms with Crippen LogP contribution in [-0.4, -0.2) is 6.04 Å². The molecule has 0 spiro atoms. The maximum atomic E-state index is 6.07. The average Bonchev–Trinajstić information content (AvgIpc) is 1.95. The van der Waals surface area contributed by atoms with Crippen LogP contribution >= 0.6 is 0 Å². The van der Waals surface area contributed by atoms with Gasteiger partial charge >= 0.3 is 0 Å². The van der Waals surface area contributed by atoms with E-state index in [1.165, 1.54) is 25.7 Å². The van der Waals surface area contributed by atoms with Crippen molar-refractivity contribution in [1.82, 2.24) is 0 Å². The highest BCUT2D eigenvalue weighted by Gasteiger charge is 2.19. The van der Waals surface area contributed by atoms with Gasteiger partial charge in [-0.15, -0.1) is 0 Å². The number of nitrogens with two attached hydrogens (primary N) is 1. The van der Waals surface area contributed by atoms with E-state index in [2.05, 4.69) is 34.6 Å². The molecule has 0 radical (unpaired) electrons. The highest BCUT2D eigenvalue weighted by atomic mass is 14.7. The summed E-state index contributed by atoms with van der Waals surface area (Å²) in [6.07, 6.45) is 5.14. The maximum Gasteiger partial charge on any atom is 0.00876 e. The van der Waals surface area contributed by atoms with Crippen molar-refractivity contribution in [2.45, 2.75) is 66.3 Å². The van der Waals surface area contributed by atoms with E-state index in [0.29, 0.717) is 6.04 Å². The molecule has 0 fully saturated rings. The Bertz CT molecular complexity index is 122. The summed E-state index contributed by atoms with van der Waals surface area (Å²) in [5, 5.41) is 0. The molecule has 0 saturated heterocycles. The Morgan fingerprint density at radius 1 is 1.00 bits per heavy atom. The summed E-state index contributed by atoms with van der Waals surface area (Å²) in [7, 11) is 0. The Morgan fingerprint density at radius 3 is 1.85 bits per heavy atom. The van der Waals surface area contributed by atoms with Crippen molar-refractivity contribution in [1.29, 1.82) is 0 Å². The third-order valence-corrected chi connectivity index (χ3v) is 2.66. The smallest absolute Gasteiger partial charge is 0.00876 e. The Morgan fingerprint density at radius 2 is 1.46 bits per heavy atom. The summed E-state index contributed by atoms with van der Waals surface area (Å²) in [5.41, 5.74) is 6.34. The minimum absolute atomic E-state index is 0.276. The molecular formula is C12H27N. The normalized spacial score (nSPS) is 15.0. The lowest BCUT2D eigenvalue weighted by Crippen LogP contribution is -2.34. The monoisotopic (exact) mass is 185 g/mol. The van der Waals surface area contributed by atoms with Crippen LogP contribution in [0.4, 0.5) is 0 Å². The van der Waals surface area contributed by atoms with E-state index >= 15 is 0 Å². The lowest BCUT2D eigenvalue weighted by Gasteiger charge is -2.27. The first kappa shape index (κ1) is 13.0. The van der Waals surface area contributed by atoms with Crippen LogP contribution in [0.5, 0.6) is 0 Å². The summed E-state index contributed by atoms with van der Waals surface area (Å²) in [6.45, 7) is 11.2. The average molecular weight is 185 g/mol. The fourth-order valence-corrected chi connectivity index (χ4v) is 1.35. The second kappa shape index (κ2) is 5.64. The molecule has 0 aromatic heterocycles. The van der Waals surface area contributed by atoms with Crippen molar-refractivity contribution in [2.24, 2.45) is 17.1 Å². The molecular weight excluding hydrogens is 158 g/mol. The summed E-state index contributed by atoms with van der Waals surface area (Å²) >= 11 is 0. The number of unbranched alkanes of at least 4 members (excludes halogenated alkanes) is 1. The molecule has 0 aliphatic carbocycles. The standard InChI is InChI=1S/C12H27N/c1-10(2)8-6-7-9-11(13)12(3,4)5/h10-11H,6-9,13H2,1-5H3. The van der Waals surface area contributed by atoms with Gasteiger partial charge in [0.1, 0.15) is 0 Å². The van der Waals surface area contributed by atoms with E-state index in [9.17, 15) is 0 Å². The van der Waals surface area contributed by atoms with Crippen molar-refractivity contribution < 1.29 is 0 Å². The van der Waals surface area contributed by atoms with Gasteiger partial charge < -0.3 is 5.73 Å². The van der Waals surface area contributed by atoms with Gasteiger partial charge in [-0.2, -0.15) is 0 Å². The molecule has 1 atom stereocenters. The molecule has 0 heterocycles. The predicted octanol–water partition coefficient (Wildman–Crippen LogP) is 3.58. The van der Waals surface area contributed by atoms with Crippen LogP contribution in [0, 0.1) is 11.3 Å². The van der Waals surface area contributed by atoms with Gasteiger partial charge in [0, 0.05) is 6.04 Å². The Hall–Kier alpha value is -0.0400. The Balaban J connectivity index is 3.43. The first-order valence-electron chi connectivity index (χ1n) is 5.59. The first-order chi connectivity index (χ1) is 5.84. The van der Waals surface area contributed by atoms with Crippen molar-refractivity contribution in [3.8, 4) is 0 Å². The van der Waals surface area contributed by atoms with E-state index < -0.39 is 0 Å². The Labute approximate surface area is 84.1 Å². The molecule has 0 rings (SSSR count). The van der Waals surface area contributed by atoms with E-state index in [-0.39, 0.29) is 5.41 Å². The van der Waals surface area contributed by atoms with E-state index in [1.807, 2.05) is 0 Å². The third-order valence-electron chi connectivity index (χ3n) is 2.66. The highest BCUT2D eigenvalue weighted by Crippen LogP contribution is 2.22. The number of rotatable bonds is 5. The lowest BCUT2D eigenvalue weighted by molar-refractivity contribution is 0.297. The molecule has 13 heavy (non-hydrogen) atoms. The zero-order valence-electron chi connectivity index (χ0n) is 10.1. The van der Waals surface area contributed by atoms with Crippen LogP contribution in [0.3, 0.4) is 0 Å². The molecule has 2 N–H and O–H groups in total. The molecule has 0 saturated carbocycles. The zero-order chi connectivity index (χ0) is 10.5. The van der Waals surface area contributed by atoms with Crippen LogP contribution < -0.4 is 5.73 Å². The largest absolute Gasteiger partial charge is 0.327 e. The molecule has 80 valence electrons. The third kappa shape index (κ3) is 7.06. The SMILES string of the molecule is CC(C)CCCCC(N)C(C)(C)C. The highest BCUT2D eigenvalue weighted by molar-refractivity contribution is 4.76. The summed E-state index contributed by atoms with van der Waals surface area (Å²) in [5.74, 6) is 0.839. The second-order valence-corrected chi connectivity index (χ2v) is 5.65. The molecule has 1 unspecified atom stereocenters. The summed E-state index contributed by atoms with van der Waals surface area (Å²) in [4.78, 5) is 0. The minimum atomic E-state index is 0.276. The molecule has 0 aliphatic rings. The van der Waals surface area contributed by atoms with Crippen LogP contribution in [-0.2, 0) is 0 Å². The molecule has 1 nitrogen and oxygen atoms in total. The summed E-state index contributed by atoms with van der Waals surface area (Å²) in [6, 6.07) is 0.361. The van der Waals surface area contributed by atoms with Crippen LogP contribution in [0.2, 0.25) is 0 Å². The van der Waals surface area contributed by atoms with Gasteiger partial charge in [0.2, 0.25) is 0 Å². The van der Waals surface area contributed by atoms with Crippen molar-refractivity contribution in [3.05, 3.63) is 0 Å². The van der Waals surface area contributed by atoms with Crippen LogP contribution in [0.25, 0.3) is 0 Å². The minimum Gasteiger partial charge on any atom is -0.327 e. The second-order valence-electron chi connectivity index (χ2n) is 5.65. The quantitative estimate of drug-likeness (QED) is 0.651.